The van der Waals surface area contributed by atoms with Gasteiger partial charge in [0.25, 0.3) is 0 Å². The second-order valence-electron chi connectivity index (χ2n) is 15.2. The number of fused-ring (bicyclic) bond motifs is 3. The summed E-state index contributed by atoms with van der Waals surface area (Å²) >= 11 is 0. The van der Waals surface area contributed by atoms with E-state index in [1.165, 1.54) is 83.8 Å². The summed E-state index contributed by atoms with van der Waals surface area (Å²) in [5.41, 5.74) is 18.6. The Hall–Kier alpha value is -6.96. The fourth-order valence-corrected chi connectivity index (χ4v) is 8.70. The third-order valence-corrected chi connectivity index (χ3v) is 11.7. The predicted octanol–water partition coefficient (Wildman–Crippen LogP) is 15.1. The van der Waals surface area contributed by atoms with Gasteiger partial charge in [0.2, 0.25) is 0 Å². The molecule has 2 atom stereocenters. The summed E-state index contributed by atoms with van der Waals surface area (Å²) in [6.45, 7) is 0. The molecule has 0 fully saturated rings. The van der Waals surface area contributed by atoms with E-state index in [2.05, 4.69) is 229 Å². The van der Waals surface area contributed by atoms with Crippen LogP contribution in [-0.2, 0) is 0 Å². The van der Waals surface area contributed by atoms with Crippen molar-refractivity contribution in [3.05, 3.63) is 241 Å². The van der Waals surface area contributed by atoms with Crippen molar-refractivity contribution in [3.8, 4) is 44.5 Å². The van der Waals surface area contributed by atoms with E-state index in [0.717, 1.165) is 12.8 Å². The Morgan fingerprint density at radius 1 is 0.421 bits per heavy atom. The van der Waals surface area contributed by atoms with Crippen LogP contribution in [0.25, 0.3) is 56.2 Å². The molecule has 0 bridgehead atoms. The Kier molecular flexibility index (Phi) is 9.26. The highest BCUT2D eigenvalue weighted by Gasteiger charge is 2.27. The van der Waals surface area contributed by atoms with Crippen LogP contribution in [0.2, 0.25) is 0 Å². The fraction of sp³-hybridized carbons (Fsp3) is 0.0714. The van der Waals surface area contributed by atoms with Crippen molar-refractivity contribution in [2.24, 2.45) is 5.92 Å². The highest BCUT2D eigenvalue weighted by atomic mass is 15.1. The Morgan fingerprint density at radius 2 is 1.02 bits per heavy atom. The van der Waals surface area contributed by atoms with Gasteiger partial charge < -0.3 is 4.90 Å². The highest BCUT2D eigenvalue weighted by Crippen LogP contribution is 2.44. The van der Waals surface area contributed by atoms with Crippen molar-refractivity contribution in [1.29, 1.82) is 0 Å². The quantitative estimate of drug-likeness (QED) is 0.151. The maximum Gasteiger partial charge on any atom is 0.0467 e. The molecule has 1 nitrogen and oxygen atoms in total. The third kappa shape index (κ3) is 6.94. The lowest BCUT2D eigenvalue weighted by molar-refractivity contribution is 0.694. The monoisotopic (exact) mass is 729 g/mol. The Labute approximate surface area is 336 Å². The van der Waals surface area contributed by atoms with Gasteiger partial charge in [-0.3, -0.25) is 0 Å². The van der Waals surface area contributed by atoms with Crippen LogP contribution in [0.15, 0.2) is 224 Å². The molecule has 0 heterocycles. The van der Waals surface area contributed by atoms with Crippen LogP contribution in [0.1, 0.15) is 35.4 Å². The molecule has 7 aromatic carbocycles. The van der Waals surface area contributed by atoms with Crippen LogP contribution in [0.4, 0.5) is 11.4 Å². The molecule has 0 aliphatic heterocycles. The van der Waals surface area contributed by atoms with Gasteiger partial charge in [-0.1, -0.05) is 188 Å². The van der Waals surface area contributed by atoms with Gasteiger partial charge in [-0.15, -0.1) is 0 Å². The average molecular weight is 730 g/mol. The smallest absolute Gasteiger partial charge is 0.0467 e. The van der Waals surface area contributed by atoms with Gasteiger partial charge in [-0.2, -0.15) is 0 Å². The second kappa shape index (κ2) is 15.3. The molecule has 7 aromatic rings. The van der Waals surface area contributed by atoms with Crippen LogP contribution in [0, 0.1) is 5.92 Å². The maximum atomic E-state index is 2.46. The summed E-state index contributed by atoms with van der Waals surface area (Å²) < 4.78 is 0. The summed E-state index contributed by atoms with van der Waals surface area (Å²) in [5.74, 6) is 0.615. The van der Waals surface area contributed by atoms with E-state index in [9.17, 15) is 0 Å². The normalized spacial score (nSPS) is 16.6. The first-order chi connectivity index (χ1) is 28.2. The van der Waals surface area contributed by atoms with Crippen molar-refractivity contribution in [2.45, 2.75) is 18.8 Å². The summed E-state index contributed by atoms with van der Waals surface area (Å²) in [6, 6.07) is 64.0. The first-order valence-corrected chi connectivity index (χ1v) is 20.2. The zero-order chi connectivity index (χ0) is 38.0. The number of rotatable bonds is 8. The summed E-state index contributed by atoms with van der Waals surface area (Å²) in [7, 11) is 0. The van der Waals surface area contributed by atoms with E-state index < -0.39 is 0 Å². The number of hydrogen-bond acceptors (Lipinski definition) is 1. The van der Waals surface area contributed by atoms with Crippen LogP contribution >= 0.6 is 0 Å². The van der Waals surface area contributed by atoms with Crippen molar-refractivity contribution < 1.29 is 0 Å². The van der Waals surface area contributed by atoms with E-state index in [-0.39, 0.29) is 0 Å². The van der Waals surface area contributed by atoms with Crippen LogP contribution in [0.3, 0.4) is 0 Å². The molecule has 1 heteroatoms. The zero-order valence-corrected chi connectivity index (χ0v) is 31.9. The van der Waals surface area contributed by atoms with Gasteiger partial charge >= 0.3 is 0 Å². The van der Waals surface area contributed by atoms with Gasteiger partial charge in [-0.25, -0.2) is 0 Å². The first kappa shape index (κ1) is 34.5. The van der Waals surface area contributed by atoms with Gasteiger partial charge in [0, 0.05) is 28.9 Å². The highest BCUT2D eigenvalue weighted by molar-refractivity contribution is 5.88. The molecule has 0 aromatic heterocycles. The summed E-state index contributed by atoms with van der Waals surface area (Å²) in [6.07, 6.45) is 21.0. The molecule has 0 saturated carbocycles. The maximum absolute atomic E-state index is 2.46. The minimum atomic E-state index is 0.306. The number of anilines is 2. The summed E-state index contributed by atoms with van der Waals surface area (Å²) in [5, 5.41) is 0. The molecular weight excluding hydrogens is 687 g/mol. The topological polar surface area (TPSA) is 3.24 Å². The average Bonchev–Trinajstić information content (AvgIpc) is 3.30. The van der Waals surface area contributed by atoms with Gasteiger partial charge in [0.15, 0.2) is 0 Å². The number of allylic oxidation sites excluding steroid dienone is 8. The Morgan fingerprint density at radius 3 is 1.72 bits per heavy atom. The van der Waals surface area contributed by atoms with Crippen molar-refractivity contribution in [3.63, 3.8) is 0 Å². The lowest BCUT2D eigenvalue weighted by atomic mass is 9.75. The van der Waals surface area contributed by atoms with Gasteiger partial charge in [0.1, 0.15) is 0 Å². The van der Waals surface area contributed by atoms with Crippen LogP contribution in [-0.4, -0.2) is 0 Å². The van der Waals surface area contributed by atoms with E-state index in [1.807, 2.05) is 0 Å². The van der Waals surface area contributed by atoms with E-state index in [0.29, 0.717) is 11.8 Å². The van der Waals surface area contributed by atoms with Gasteiger partial charge in [0.05, 0.1) is 0 Å². The summed E-state index contributed by atoms with van der Waals surface area (Å²) in [4.78, 5) is 2.41. The molecule has 0 radical (unpaired) electrons. The molecule has 57 heavy (non-hydrogen) atoms. The van der Waals surface area contributed by atoms with Crippen molar-refractivity contribution in [2.75, 3.05) is 4.90 Å². The standard InChI is InChI=1S/C56H43N/c1-5-13-40(14-6-1)42-27-31-51(32-28-42)57(50-19-11-4-12-20-50)52-33-36-55-49(38-52)26-25-48-37-46(29-35-54(48)55)43-21-23-45(24-22-43)56-39-47(41-15-7-2-8-16-41)30-34-53(56)44-17-9-3-10-18-44/h1-3,5-11,13-39,48,54H,4,12H2. The van der Waals surface area contributed by atoms with E-state index >= 15 is 0 Å². The van der Waals surface area contributed by atoms with E-state index in [4.69, 9.17) is 0 Å². The van der Waals surface area contributed by atoms with E-state index in [1.54, 1.807) is 0 Å². The first-order valence-electron chi connectivity index (χ1n) is 20.2. The minimum Gasteiger partial charge on any atom is -0.311 e. The molecule has 3 aliphatic rings. The molecule has 2 unspecified atom stereocenters. The largest absolute Gasteiger partial charge is 0.311 e. The van der Waals surface area contributed by atoms with Crippen molar-refractivity contribution in [1.82, 2.24) is 0 Å². The zero-order valence-electron chi connectivity index (χ0n) is 31.9. The van der Waals surface area contributed by atoms with Crippen LogP contribution < -0.4 is 4.90 Å². The molecule has 10 rings (SSSR count). The minimum absolute atomic E-state index is 0.306. The second-order valence-corrected chi connectivity index (χ2v) is 15.2. The molecule has 0 spiro atoms. The molecule has 0 N–H and O–H groups in total. The van der Waals surface area contributed by atoms with Crippen molar-refractivity contribution >= 4 is 23.0 Å². The SMILES string of the molecule is C1=CC(N(c2ccc(-c3ccccc3)cc2)c2ccc3c(c2)C=CC2C=C(c4ccc(-c5cc(-c6ccccc6)ccc5-c5ccccc5)cc4)C=CC32)=CCC1. The molecule has 3 aliphatic carbocycles. The lowest BCUT2D eigenvalue weighted by Crippen LogP contribution is -2.18. The number of hydrogen-bond donors (Lipinski definition) is 0. The molecule has 0 amide bonds. The fourth-order valence-electron chi connectivity index (χ4n) is 8.70. The van der Waals surface area contributed by atoms with Crippen LogP contribution in [0.5, 0.6) is 0 Å². The number of nitrogens with zero attached hydrogens (tertiary/aromatic N) is 1. The van der Waals surface area contributed by atoms with Gasteiger partial charge in [-0.05, 0) is 116 Å². The lowest BCUT2D eigenvalue weighted by Gasteiger charge is -2.32. The Balaban J connectivity index is 0.924. The molecule has 272 valence electrons. The number of benzene rings is 7. The molecule has 0 saturated heterocycles. The third-order valence-electron chi connectivity index (χ3n) is 11.7. The Bertz CT molecular complexity index is 2690. The molecular formula is C56H43N. The predicted molar refractivity (Wildman–Crippen MR) is 242 cm³/mol.